The summed E-state index contributed by atoms with van der Waals surface area (Å²) in [5.41, 5.74) is 2.02. The van der Waals surface area contributed by atoms with Gasteiger partial charge in [-0.25, -0.2) is 0 Å². The van der Waals surface area contributed by atoms with Crippen molar-refractivity contribution >= 4 is 23.5 Å². The van der Waals surface area contributed by atoms with E-state index in [1.54, 1.807) is 6.08 Å². The summed E-state index contributed by atoms with van der Waals surface area (Å²) in [5.74, 6) is 0. The lowest BCUT2D eigenvalue weighted by molar-refractivity contribution is 1.29. The number of aromatic nitrogens is 1. The second-order valence-electron chi connectivity index (χ2n) is 2.72. The molecule has 0 spiro atoms. The fourth-order valence-electron chi connectivity index (χ4n) is 0.899. The largest absolute Gasteiger partial charge is 0.312 e. The fourth-order valence-corrected chi connectivity index (χ4v) is 1.56. The zero-order chi connectivity index (χ0) is 11.1. The molecule has 0 radical (unpaired) electrons. The molecule has 0 atom stereocenters. The first-order valence-electron chi connectivity index (χ1n) is 4.64. The normalized spacial score (nSPS) is 8.57. The van der Waals surface area contributed by atoms with Gasteiger partial charge in [0.05, 0.1) is 10.6 Å². The molecule has 0 unspecified atom stereocenters. The van der Waals surface area contributed by atoms with Crippen LogP contribution in [-0.4, -0.2) is 4.98 Å². The molecule has 1 aromatic heterocycles. The summed E-state index contributed by atoms with van der Waals surface area (Å²) in [5, 5.41) is 0. The molecule has 2 nitrogen and oxygen atoms in total. The third-order valence-electron chi connectivity index (χ3n) is 1.32. The molecular weight excluding hydrogens is 194 g/mol. The minimum absolute atomic E-state index is 0.0302. The van der Waals surface area contributed by atoms with Crippen molar-refractivity contribution in [3.8, 4) is 0 Å². The van der Waals surface area contributed by atoms with Gasteiger partial charge in [0.15, 0.2) is 0 Å². The van der Waals surface area contributed by atoms with Gasteiger partial charge >= 0.3 is 4.87 Å². The van der Waals surface area contributed by atoms with Crippen molar-refractivity contribution in [2.45, 2.75) is 27.7 Å². The van der Waals surface area contributed by atoms with E-state index in [0.717, 1.165) is 16.1 Å². The van der Waals surface area contributed by atoms with Crippen molar-refractivity contribution in [1.29, 1.82) is 0 Å². The number of rotatable bonds is 2. The van der Waals surface area contributed by atoms with E-state index >= 15 is 0 Å². The standard InChI is InChI=1S/C9H11NOS.C2H6/c1-4-8-7(5-6(2)3)10-9(11)12-8;1-2/h4-5H,1H2,2-3H3,(H,10,11);1-2H3. The zero-order valence-corrected chi connectivity index (χ0v) is 9.99. The van der Waals surface area contributed by atoms with Crippen molar-refractivity contribution in [3.63, 3.8) is 0 Å². The van der Waals surface area contributed by atoms with Gasteiger partial charge in [0.25, 0.3) is 0 Å². The highest BCUT2D eigenvalue weighted by Crippen LogP contribution is 2.13. The molecule has 1 heterocycles. The first kappa shape index (κ1) is 12.9. The lowest BCUT2D eigenvalue weighted by atomic mass is 10.2. The minimum Gasteiger partial charge on any atom is -0.312 e. The molecule has 78 valence electrons. The number of hydrogen-bond acceptors (Lipinski definition) is 2. The third-order valence-corrected chi connectivity index (χ3v) is 2.22. The summed E-state index contributed by atoms with van der Waals surface area (Å²) in [4.78, 5) is 14.6. The van der Waals surface area contributed by atoms with E-state index in [-0.39, 0.29) is 4.87 Å². The van der Waals surface area contributed by atoms with Gasteiger partial charge in [-0.05, 0) is 26.0 Å². The van der Waals surface area contributed by atoms with Crippen molar-refractivity contribution in [3.05, 3.63) is 32.4 Å². The maximum atomic E-state index is 10.9. The predicted octanol–water partition coefficient (Wildman–Crippen LogP) is 3.53. The Morgan fingerprint density at radius 3 is 2.43 bits per heavy atom. The van der Waals surface area contributed by atoms with Gasteiger partial charge in [0, 0.05) is 0 Å². The quantitative estimate of drug-likeness (QED) is 0.797. The highest BCUT2D eigenvalue weighted by molar-refractivity contribution is 7.10. The Bertz CT molecular complexity index is 367. The Kier molecular flexibility index (Phi) is 5.88. The molecule has 1 rings (SSSR count). The molecule has 0 saturated carbocycles. The number of nitrogens with one attached hydrogen (secondary N) is 1. The molecule has 0 saturated heterocycles. The Morgan fingerprint density at radius 2 is 2.00 bits per heavy atom. The third kappa shape index (κ3) is 3.75. The lowest BCUT2D eigenvalue weighted by Gasteiger charge is -1.90. The Hall–Kier alpha value is -1.09. The van der Waals surface area contributed by atoms with Crippen molar-refractivity contribution in [2.24, 2.45) is 0 Å². The average molecular weight is 211 g/mol. The number of aromatic amines is 1. The van der Waals surface area contributed by atoms with Crippen LogP contribution in [0.3, 0.4) is 0 Å². The fraction of sp³-hybridized carbons (Fsp3) is 0.364. The van der Waals surface area contributed by atoms with Crippen LogP contribution in [0.4, 0.5) is 0 Å². The number of thiazole rings is 1. The molecule has 1 N–H and O–H groups in total. The molecule has 0 aromatic carbocycles. The molecular formula is C11H17NOS. The van der Waals surface area contributed by atoms with E-state index in [4.69, 9.17) is 0 Å². The van der Waals surface area contributed by atoms with E-state index in [1.807, 2.05) is 33.8 Å². The van der Waals surface area contributed by atoms with Crippen LogP contribution < -0.4 is 4.87 Å². The summed E-state index contributed by atoms with van der Waals surface area (Å²) < 4.78 is 0. The summed E-state index contributed by atoms with van der Waals surface area (Å²) in [6, 6.07) is 0. The van der Waals surface area contributed by atoms with Crippen molar-refractivity contribution < 1.29 is 0 Å². The molecule has 0 aliphatic heterocycles. The van der Waals surface area contributed by atoms with Crippen LogP contribution in [-0.2, 0) is 0 Å². The van der Waals surface area contributed by atoms with Gasteiger partial charge in [-0.1, -0.05) is 37.3 Å². The Labute approximate surface area is 89.0 Å². The molecule has 0 aliphatic rings. The van der Waals surface area contributed by atoms with Crippen molar-refractivity contribution in [2.75, 3.05) is 0 Å². The van der Waals surface area contributed by atoms with E-state index in [2.05, 4.69) is 11.6 Å². The monoisotopic (exact) mass is 211 g/mol. The second kappa shape index (κ2) is 6.38. The van der Waals surface area contributed by atoms with Crippen LogP contribution in [0, 0.1) is 0 Å². The van der Waals surface area contributed by atoms with Crippen LogP contribution in [0.25, 0.3) is 12.2 Å². The highest BCUT2D eigenvalue weighted by Gasteiger charge is 2.00. The van der Waals surface area contributed by atoms with E-state index < -0.39 is 0 Å². The molecule has 0 bridgehead atoms. The summed E-state index contributed by atoms with van der Waals surface area (Å²) in [6.07, 6.45) is 3.63. The van der Waals surface area contributed by atoms with Crippen molar-refractivity contribution in [1.82, 2.24) is 4.98 Å². The highest BCUT2D eigenvalue weighted by atomic mass is 32.1. The SMILES string of the molecule is C=Cc1sc(=O)[nH]c1C=C(C)C.CC. The molecule has 14 heavy (non-hydrogen) atoms. The summed E-state index contributed by atoms with van der Waals surface area (Å²) in [6.45, 7) is 11.6. The summed E-state index contributed by atoms with van der Waals surface area (Å²) in [7, 11) is 0. The van der Waals surface area contributed by atoms with Crippen LogP contribution in [0.2, 0.25) is 0 Å². The molecule has 1 aromatic rings. The molecule has 0 amide bonds. The van der Waals surface area contributed by atoms with E-state index in [0.29, 0.717) is 0 Å². The average Bonchev–Trinajstić information content (AvgIpc) is 2.48. The van der Waals surface area contributed by atoms with E-state index in [9.17, 15) is 4.79 Å². The maximum absolute atomic E-state index is 10.9. The van der Waals surface area contributed by atoms with Crippen LogP contribution >= 0.6 is 11.3 Å². The lowest BCUT2D eigenvalue weighted by Crippen LogP contribution is -1.91. The van der Waals surface area contributed by atoms with Gasteiger partial charge in [0.2, 0.25) is 0 Å². The molecule has 3 heteroatoms. The summed E-state index contributed by atoms with van der Waals surface area (Å²) >= 11 is 1.18. The molecule has 0 aliphatic carbocycles. The topological polar surface area (TPSA) is 32.9 Å². The van der Waals surface area contributed by atoms with Gasteiger partial charge in [-0.3, -0.25) is 4.79 Å². The maximum Gasteiger partial charge on any atom is 0.305 e. The smallest absolute Gasteiger partial charge is 0.305 e. The first-order valence-corrected chi connectivity index (χ1v) is 5.45. The van der Waals surface area contributed by atoms with Crippen LogP contribution in [0.1, 0.15) is 38.3 Å². The van der Waals surface area contributed by atoms with Gasteiger partial charge < -0.3 is 4.98 Å². The second-order valence-corrected chi connectivity index (χ2v) is 3.73. The van der Waals surface area contributed by atoms with Gasteiger partial charge in [-0.2, -0.15) is 0 Å². The van der Waals surface area contributed by atoms with Gasteiger partial charge in [0.1, 0.15) is 0 Å². The number of H-pyrrole nitrogens is 1. The predicted molar refractivity (Wildman–Crippen MR) is 65.7 cm³/mol. The zero-order valence-electron chi connectivity index (χ0n) is 9.18. The Morgan fingerprint density at radius 1 is 1.43 bits per heavy atom. The number of allylic oxidation sites excluding steroid dienone is 1. The minimum atomic E-state index is -0.0302. The van der Waals surface area contributed by atoms with Gasteiger partial charge in [-0.15, -0.1) is 0 Å². The number of hydrogen-bond donors (Lipinski definition) is 1. The van der Waals surface area contributed by atoms with Crippen LogP contribution in [0.15, 0.2) is 16.9 Å². The Balaban J connectivity index is 0.000000791. The first-order chi connectivity index (χ1) is 6.63. The molecule has 0 fully saturated rings. The van der Waals surface area contributed by atoms with E-state index in [1.165, 1.54) is 11.3 Å². The van der Waals surface area contributed by atoms with Crippen LogP contribution in [0.5, 0.6) is 0 Å².